The van der Waals surface area contributed by atoms with Crippen LogP contribution in [0.1, 0.15) is 37.3 Å². The van der Waals surface area contributed by atoms with E-state index in [1.165, 1.54) is 0 Å². The Morgan fingerprint density at radius 2 is 1.96 bits per heavy atom. The summed E-state index contributed by atoms with van der Waals surface area (Å²) in [5.41, 5.74) is 0.834. The fraction of sp³-hybridized carbons (Fsp3) is 0.389. The smallest absolute Gasteiger partial charge is 0.309 e. The van der Waals surface area contributed by atoms with Crippen LogP contribution in [-0.4, -0.2) is 29.6 Å². The molecule has 6 nitrogen and oxygen atoms in total. The lowest BCUT2D eigenvalue weighted by atomic mass is 10.0. The molecular weight excluding hydrogens is 310 g/mol. The quantitative estimate of drug-likeness (QED) is 0.654. The number of allylic oxidation sites excluding steroid dienone is 2. The van der Waals surface area contributed by atoms with E-state index in [2.05, 4.69) is 5.32 Å². The summed E-state index contributed by atoms with van der Waals surface area (Å²) < 4.78 is 5.29. The number of ether oxygens (including phenoxy) is 1. The topological polar surface area (TPSA) is 92.7 Å². The van der Waals surface area contributed by atoms with Crippen LogP contribution in [0.2, 0.25) is 0 Å². The van der Waals surface area contributed by atoms with Crippen LogP contribution in [0.15, 0.2) is 42.5 Å². The molecule has 1 aliphatic heterocycles. The summed E-state index contributed by atoms with van der Waals surface area (Å²) in [6.07, 6.45) is 4.42. The highest BCUT2D eigenvalue weighted by Gasteiger charge is 2.24. The van der Waals surface area contributed by atoms with Crippen molar-refractivity contribution in [2.24, 2.45) is 5.92 Å². The van der Waals surface area contributed by atoms with E-state index in [1.807, 2.05) is 30.3 Å². The third-order valence-corrected chi connectivity index (χ3v) is 3.81. The molecular formula is C18H21NO5. The Labute approximate surface area is 140 Å². The first-order valence-electron chi connectivity index (χ1n) is 7.94. The summed E-state index contributed by atoms with van der Waals surface area (Å²) in [5.74, 6) is -2.43. The molecule has 2 atom stereocenters. The van der Waals surface area contributed by atoms with Crippen LogP contribution in [0.3, 0.4) is 0 Å². The van der Waals surface area contributed by atoms with E-state index in [0.29, 0.717) is 19.3 Å². The van der Waals surface area contributed by atoms with Gasteiger partial charge in [0.05, 0.1) is 18.4 Å². The Bertz CT molecular complexity index is 611. The molecule has 0 radical (unpaired) electrons. The van der Waals surface area contributed by atoms with Crippen molar-refractivity contribution < 1.29 is 24.2 Å². The van der Waals surface area contributed by atoms with Gasteiger partial charge in [0.2, 0.25) is 5.91 Å². The average molecular weight is 331 g/mol. The largest absolute Gasteiger partial charge is 0.481 e. The van der Waals surface area contributed by atoms with Gasteiger partial charge >= 0.3 is 11.9 Å². The van der Waals surface area contributed by atoms with E-state index in [4.69, 9.17) is 9.84 Å². The van der Waals surface area contributed by atoms with Gasteiger partial charge in [-0.3, -0.25) is 14.4 Å². The zero-order chi connectivity index (χ0) is 17.4. The lowest BCUT2D eigenvalue weighted by molar-refractivity contribution is -0.153. The number of cyclic esters (lactones) is 1. The molecule has 6 heteroatoms. The van der Waals surface area contributed by atoms with Crippen molar-refractivity contribution in [3.63, 3.8) is 0 Å². The number of benzene rings is 1. The number of carbonyl (C=O) groups excluding carboxylic acids is 2. The first kappa shape index (κ1) is 17.7. The van der Waals surface area contributed by atoms with E-state index in [-0.39, 0.29) is 18.9 Å². The van der Waals surface area contributed by atoms with Crippen LogP contribution < -0.4 is 5.32 Å². The lowest BCUT2D eigenvalue weighted by Crippen LogP contribution is -2.33. The molecule has 0 saturated carbocycles. The molecule has 1 aromatic carbocycles. The molecule has 2 N–H and O–H groups in total. The first-order chi connectivity index (χ1) is 11.6. The van der Waals surface area contributed by atoms with Gasteiger partial charge in [-0.1, -0.05) is 42.5 Å². The van der Waals surface area contributed by atoms with Crippen molar-refractivity contribution in [1.82, 2.24) is 5.32 Å². The minimum absolute atomic E-state index is 0.0194. The first-order valence-corrected chi connectivity index (χ1v) is 7.94. The molecule has 128 valence electrons. The fourth-order valence-electron chi connectivity index (χ4n) is 2.52. The molecule has 0 saturated heterocycles. The number of hydrogen-bond donors (Lipinski definition) is 2. The van der Waals surface area contributed by atoms with E-state index < -0.39 is 23.9 Å². The van der Waals surface area contributed by atoms with Crippen molar-refractivity contribution in [2.45, 2.75) is 31.7 Å². The molecule has 0 bridgehead atoms. The van der Waals surface area contributed by atoms with Crippen LogP contribution >= 0.6 is 0 Å². The normalized spacial score (nSPS) is 24.0. The summed E-state index contributed by atoms with van der Waals surface area (Å²) >= 11 is 0. The SMILES string of the molecule is O=C(O)C[C@@H]1C/C=C\CCC(=O)N[C@@H](c2ccccc2)COC1=O. The third kappa shape index (κ3) is 5.53. The van der Waals surface area contributed by atoms with Crippen molar-refractivity contribution in [3.05, 3.63) is 48.0 Å². The van der Waals surface area contributed by atoms with Gasteiger partial charge in [0, 0.05) is 6.42 Å². The van der Waals surface area contributed by atoms with Gasteiger partial charge in [-0.2, -0.15) is 0 Å². The Balaban J connectivity index is 2.15. The highest BCUT2D eigenvalue weighted by Crippen LogP contribution is 2.18. The molecule has 24 heavy (non-hydrogen) atoms. The Morgan fingerprint density at radius 1 is 1.21 bits per heavy atom. The number of carbonyl (C=O) groups is 3. The maximum Gasteiger partial charge on any atom is 0.309 e. The van der Waals surface area contributed by atoms with Gasteiger partial charge in [-0.15, -0.1) is 0 Å². The second-order valence-corrected chi connectivity index (χ2v) is 5.70. The van der Waals surface area contributed by atoms with Crippen LogP contribution in [0.4, 0.5) is 0 Å². The molecule has 1 aliphatic rings. The Hall–Kier alpha value is -2.63. The van der Waals surface area contributed by atoms with Crippen LogP contribution in [0.25, 0.3) is 0 Å². The number of nitrogens with one attached hydrogen (secondary N) is 1. The minimum atomic E-state index is -1.04. The average Bonchev–Trinajstić information content (AvgIpc) is 2.56. The molecule has 1 aromatic rings. The van der Waals surface area contributed by atoms with Gasteiger partial charge < -0.3 is 15.2 Å². The summed E-state index contributed by atoms with van der Waals surface area (Å²) in [6, 6.07) is 8.79. The summed E-state index contributed by atoms with van der Waals surface area (Å²) in [7, 11) is 0. The molecule has 1 heterocycles. The third-order valence-electron chi connectivity index (χ3n) is 3.81. The number of esters is 1. The summed E-state index contributed by atoms with van der Waals surface area (Å²) in [4.78, 5) is 35.1. The van der Waals surface area contributed by atoms with Crippen molar-refractivity contribution in [1.29, 1.82) is 0 Å². The fourth-order valence-corrected chi connectivity index (χ4v) is 2.52. The number of rotatable bonds is 3. The molecule has 0 aromatic heterocycles. The van der Waals surface area contributed by atoms with E-state index >= 15 is 0 Å². The number of aliphatic carboxylic acids is 1. The maximum atomic E-state index is 12.2. The highest BCUT2D eigenvalue weighted by molar-refractivity contribution is 5.79. The van der Waals surface area contributed by atoms with Crippen molar-refractivity contribution >= 4 is 17.8 Å². The standard InChI is InChI=1S/C18H21NO5/c20-16-10-6-2-5-9-14(11-17(21)22)18(23)24-12-15(19-16)13-7-3-1-4-8-13/h1-5,7-8,14-15H,6,9-12H2,(H,19,20)(H,21,22)/b5-2-/t14-,15+/m0/s1. The van der Waals surface area contributed by atoms with Gasteiger partial charge in [-0.05, 0) is 18.4 Å². The van der Waals surface area contributed by atoms with Crippen LogP contribution in [0, 0.1) is 5.92 Å². The maximum absolute atomic E-state index is 12.2. The molecule has 0 fully saturated rings. The highest BCUT2D eigenvalue weighted by atomic mass is 16.5. The second-order valence-electron chi connectivity index (χ2n) is 5.70. The monoisotopic (exact) mass is 331 g/mol. The van der Waals surface area contributed by atoms with Crippen molar-refractivity contribution in [2.75, 3.05) is 6.61 Å². The predicted molar refractivity (Wildman–Crippen MR) is 87.0 cm³/mol. The summed E-state index contributed by atoms with van der Waals surface area (Å²) in [5, 5.41) is 11.8. The van der Waals surface area contributed by atoms with Crippen LogP contribution in [0.5, 0.6) is 0 Å². The molecule has 0 aliphatic carbocycles. The number of carboxylic acids is 1. The number of hydrogen-bond acceptors (Lipinski definition) is 4. The van der Waals surface area contributed by atoms with Crippen molar-refractivity contribution in [3.8, 4) is 0 Å². The second kappa shape index (κ2) is 8.86. The predicted octanol–water partition coefficient (Wildman–Crippen LogP) is 2.22. The Morgan fingerprint density at radius 3 is 2.67 bits per heavy atom. The zero-order valence-electron chi connectivity index (χ0n) is 13.3. The van der Waals surface area contributed by atoms with E-state index in [9.17, 15) is 14.4 Å². The summed E-state index contributed by atoms with van der Waals surface area (Å²) in [6.45, 7) is -0.0194. The van der Waals surface area contributed by atoms with E-state index in [0.717, 1.165) is 5.56 Å². The van der Waals surface area contributed by atoms with E-state index in [1.54, 1.807) is 12.2 Å². The zero-order valence-corrected chi connectivity index (χ0v) is 13.3. The van der Waals surface area contributed by atoms with Gasteiger partial charge in [-0.25, -0.2) is 0 Å². The molecule has 0 unspecified atom stereocenters. The number of amides is 1. The van der Waals surface area contributed by atoms with Crippen LogP contribution in [-0.2, 0) is 19.1 Å². The molecule has 2 rings (SSSR count). The minimum Gasteiger partial charge on any atom is -0.481 e. The number of carboxylic acid groups (broad SMARTS) is 1. The molecule has 1 amide bonds. The lowest BCUT2D eigenvalue weighted by Gasteiger charge is -2.21. The van der Waals surface area contributed by atoms with Gasteiger partial charge in [0.25, 0.3) is 0 Å². The van der Waals surface area contributed by atoms with Gasteiger partial charge in [0.1, 0.15) is 6.61 Å². The van der Waals surface area contributed by atoms with Gasteiger partial charge in [0.15, 0.2) is 0 Å². The Kier molecular flexibility index (Phi) is 6.54. The molecule has 0 spiro atoms.